The summed E-state index contributed by atoms with van der Waals surface area (Å²) in [5.41, 5.74) is -0.441. The maximum absolute atomic E-state index is 9.78. The minimum absolute atomic E-state index is 0.441. The molecule has 0 radical (unpaired) electrons. The van der Waals surface area contributed by atoms with E-state index in [4.69, 9.17) is 0 Å². The van der Waals surface area contributed by atoms with Crippen LogP contribution in [-0.2, 0) is 0 Å². The predicted molar refractivity (Wildman–Crippen MR) is 41.9 cm³/mol. The predicted octanol–water partition coefficient (Wildman–Crippen LogP) is 0.709. The van der Waals surface area contributed by atoms with Crippen LogP contribution >= 0.6 is 0 Å². The van der Waals surface area contributed by atoms with Crippen LogP contribution in [0.3, 0.4) is 0 Å². The first kappa shape index (κ1) is 8.02. The van der Waals surface area contributed by atoms with E-state index >= 15 is 0 Å². The summed E-state index contributed by atoms with van der Waals surface area (Å²) in [6, 6.07) is 0. The van der Waals surface area contributed by atoms with Crippen LogP contribution in [0.5, 0.6) is 0 Å². The maximum atomic E-state index is 9.78. The van der Waals surface area contributed by atoms with E-state index in [0.29, 0.717) is 5.92 Å². The molecule has 2 nitrogen and oxygen atoms in total. The molecule has 1 N–H and O–H groups in total. The maximum Gasteiger partial charge on any atom is 0.0773 e. The van der Waals surface area contributed by atoms with Crippen molar-refractivity contribution < 1.29 is 5.11 Å². The average molecular weight is 143 g/mol. The number of aliphatic hydroxyl groups is 1. The van der Waals surface area contributed by atoms with Crippen molar-refractivity contribution in [2.45, 2.75) is 25.4 Å². The molecule has 1 atom stereocenters. The van der Waals surface area contributed by atoms with Gasteiger partial charge in [0, 0.05) is 6.54 Å². The fourth-order valence-electron chi connectivity index (χ4n) is 1.47. The highest BCUT2D eigenvalue weighted by Gasteiger charge is 2.39. The summed E-state index contributed by atoms with van der Waals surface area (Å²) in [5, 5.41) is 9.78. The van der Waals surface area contributed by atoms with E-state index in [2.05, 4.69) is 0 Å². The van der Waals surface area contributed by atoms with Crippen molar-refractivity contribution in [2.75, 3.05) is 20.6 Å². The van der Waals surface area contributed by atoms with Crippen LogP contribution in [-0.4, -0.2) is 36.2 Å². The van der Waals surface area contributed by atoms with Crippen molar-refractivity contribution in [1.82, 2.24) is 4.90 Å². The summed E-state index contributed by atoms with van der Waals surface area (Å²) in [7, 11) is 3.99. The Hall–Kier alpha value is -0.0800. The molecule has 0 aromatic carbocycles. The van der Waals surface area contributed by atoms with Crippen molar-refractivity contribution in [3.8, 4) is 0 Å². The lowest BCUT2D eigenvalue weighted by molar-refractivity contribution is 0.0127. The monoisotopic (exact) mass is 143 g/mol. The summed E-state index contributed by atoms with van der Waals surface area (Å²) in [6.45, 7) is 2.72. The SMILES string of the molecule is CN(C)CC(C)(O)C1CC1. The molecular formula is C8H17NO. The molecule has 0 aromatic heterocycles. The Labute approximate surface area is 62.8 Å². The molecule has 2 heteroatoms. The van der Waals surface area contributed by atoms with Crippen molar-refractivity contribution in [1.29, 1.82) is 0 Å². The molecular weight excluding hydrogens is 126 g/mol. The van der Waals surface area contributed by atoms with Gasteiger partial charge in [0.2, 0.25) is 0 Å². The van der Waals surface area contributed by atoms with Crippen LogP contribution in [0.15, 0.2) is 0 Å². The highest BCUT2D eigenvalue weighted by molar-refractivity contribution is 4.92. The van der Waals surface area contributed by atoms with E-state index in [0.717, 1.165) is 6.54 Å². The first-order valence-electron chi connectivity index (χ1n) is 3.89. The highest BCUT2D eigenvalue weighted by atomic mass is 16.3. The zero-order valence-corrected chi connectivity index (χ0v) is 7.09. The minimum atomic E-state index is -0.441. The van der Waals surface area contributed by atoms with Gasteiger partial charge in [-0.1, -0.05) is 0 Å². The largest absolute Gasteiger partial charge is 0.389 e. The van der Waals surface area contributed by atoms with Gasteiger partial charge < -0.3 is 10.0 Å². The number of nitrogens with zero attached hydrogens (tertiary/aromatic N) is 1. The van der Waals surface area contributed by atoms with E-state index in [-0.39, 0.29) is 0 Å². The summed E-state index contributed by atoms with van der Waals surface area (Å²) < 4.78 is 0. The lowest BCUT2D eigenvalue weighted by atomic mass is 10.0. The molecule has 0 saturated heterocycles. The van der Waals surface area contributed by atoms with Gasteiger partial charge in [0.25, 0.3) is 0 Å². The lowest BCUT2D eigenvalue weighted by Gasteiger charge is -2.26. The zero-order valence-electron chi connectivity index (χ0n) is 7.09. The van der Waals surface area contributed by atoms with Gasteiger partial charge in [-0.3, -0.25) is 0 Å². The first-order valence-corrected chi connectivity index (χ1v) is 3.89. The third-order valence-electron chi connectivity index (χ3n) is 2.09. The molecule has 1 aliphatic carbocycles. The van der Waals surface area contributed by atoms with E-state index in [1.807, 2.05) is 25.9 Å². The molecule has 0 spiro atoms. The molecule has 1 saturated carbocycles. The summed E-state index contributed by atoms with van der Waals surface area (Å²) in [4.78, 5) is 2.04. The molecule has 10 heavy (non-hydrogen) atoms. The third kappa shape index (κ3) is 1.96. The molecule has 0 aliphatic heterocycles. The lowest BCUT2D eigenvalue weighted by Crippen LogP contribution is -2.39. The van der Waals surface area contributed by atoms with Gasteiger partial charge in [0.15, 0.2) is 0 Å². The number of hydrogen-bond donors (Lipinski definition) is 1. The van der Waals surface area contributed by atoms with Crippen LogP contribution in [0.1, 0.15) is 19.8 Å². The highest BCUT2D eigenvalue weighted by Crippen LogP contribution is 2.39. The molecule has 0 bridgehead atoms. The van der Waals surface area contributed by atoms with Crippen molar-refractivity contribution >= 4 is 0 Å². The fourth-order valence-corrected chi connectivity index (χ4v) is 1.47. The third-order valence-corrected chi connectivity index (χ3v) is 2.09. The van der Waals surface area contributed by atoms with E-state index in [9.17, 15) is 5.11 Å². The van der Waals surface area contributed by atoms with Crippen LogP contribution in [0.25, 0.3) is 0 Å². The molecule has 1 aliphatic rings. The number of likely N-dealkylation sites (N-methyl/N-ethyl adjacent to an activating group) is 1. The van der Waals surface area contributed by atoms with Gasteiger partial charge in [-0.15, -0.1) is 0 Å². The fraction of sp³-hybridized carbons (Fsp3) is 1.00. The molecule has 1 unspecified atom stereocenters. The summed E-state index contributed by atoms with van der Waals surface area (Å²) in [6.07, 6.45) is 2.42. The van der Waals surface area contributed by atoms with E-state index < -0.39 is 5.60 Å². The molecule has 0 amide bonds. The van der Waals surface area contributed by atoms with Crippen LogP contribution < -0.4 is 0 Å². The van der Waals surface area contributed by atoms with E-state index in [1.54, 1.807) is 0 Å². The molecule has 60 valence electrons. The quantitative estimate of drug-likeness (QED) is 0.629. The second-order valence-corrected chi connectivity index (χ2v) is 3.87. The smallest absolute Gasteiger partial charge is 0.0773 e. The van der Waals surface area contributed by atoms with E-state index in [1.165, 1.54) is 12.8 Å². The Balaban J connectivity index is 2.34. The van der Waals surface area contributed by atoms with Gasteiger partial charge in [0.1, 0.15) is 0 Å². The molecule has 1 fully saturated rings. The van der Waals surface area contributed by atoms with Crippen LogP contribution in [0.4, 0.5) is 0 Å². The van der Waals surface area contributed by atoms with Crippen molar-refractivity contribution in [3.05, 3.63) is 0 Å². The van der Waals surface area contributed by atoms with Gasteiger partial charge in [-0.05, 0) is 39.8 Å². The summed E-state index contributed by atoms with van der Waals surface area (Å²) in [5.74, 6) is 0.565. The van der Waals surface area contributed by atoms with Gasteiger partial charge in [-0.25, -0.2) is 0 Å². The average Bonchev–Trinajstić information content (AvgIpc) is 2.35. The molecule has 0 heterocycles. The Morgan fingerprint density at radius 2 is 2.00 bits per heavy atom. The topological polar surface area (TPSA) is 23.5 Å². The van der Waals surface area contributed by atoms with Crippen LogP contribution in [0.2, 0.25) is 0 Å². The Morgan fingerprint density at radius 3 is 2.30 bits per heavy atom. The second-order valence-electron chi connectivity index (χ2n) is 3.87. The normalized spacial score (nSPS) is 24.9. The minimum Gasteiger partial charge on any atom is -0.389 e. The Morgan fingerprint density at radius 1 is 1.50 bits per heavy atom. The molecule has 0 aromatic rings. The molecule has 1 rings (SSSR count). The first-order chi connectivity index (χ1) is 4.52. The Bertz CT molecular complexity index is 116. The zero-order chi connectivity index (χ0) is 7.78. The summed E-state index contributed by atoms with van der Waals surface area (Å²) >= 11 is 0. The van der Waals surface area contributed by atoms with Crippen LogP contribution in [0, 0.1) is 5.92 Å². The Kier molecular flexibility index (Phi) is 2.02. The van der Waals surface area contributed by atoms with Crippen molar-refractivity contribution in [3.63, 3.8) is 0 Å². The van der Waals surface area contributed by atoms with Gasteiger partial charge in [-0.2, -0.15) is 0 Å². The standard InChI is InChI=1S/C8H17NO/c1-8(10,6-9(2)3)7-4-5-7/h7,10H,4-6H2,1-3H3. The van der Waals surface area contributed by atoms with Gasteiger partial charge in [0.05, 0.1) is 5.60 Å². The van der Waals surface area contributed by atoms with Crippen molar-refractivity contribution in [2.24, 2.45) is 5.92 Å². The second kappa shape index (κ2) is 2.51. The number of rotatable bonds is 3. The number of hydrogen-bond acceptors (Lipinski definition) is 2. The van der Waals surface area contributed by atoms with Gasteiger partial charge >= 0.3 is 0 Å².